The molecule has 0 aromatic heterocycles. The molecular formula is C13H19N3S. The van der Waals surface area contributed by atoms with E-state index in [2.05, 4.69) is 47.9 Å². The lowest BCUT2D eigenvalue weighted by Gasteiger charge is -2.09. The molecule has 0 fully saturated rings. The first kappa shape index (κ1) is 13.6. The molecule has 3 nitrogen and oxygen atoms in total. The van der Waals surface area contributed by atoms with Gasteiger partial charge in [-0.05, 0) is 51.0 Å². The first-order valence-electron chi connectivity index (χ1n) is 5.66. The Labute approximate surface area is 108 Å². The maximum Gasteiger partial charge on any atom is 0.187 e. The van der Waals surface area contributed by atoms with Crippen molar-refractivity contribution in [1.29, 1.82) is 0 Å². The van der Waals surface area contributed by atoms with Gasteiger partial charge >= 0.3 is 0 Å². The minimum Gasteiger partial charge on any atom is -0.359 e. The van der Waals surface area contributed by atoms with Crippen LogP contribution in [-0.2, 0) is 0 Å². The van der Waals surface area contributed by atoms with E-state index in [0.29, 0.717) is 11.2 Å². The maximum absolute atomic E-state index is 5.07. The van der Waals surface area contributed by atoms with Gasteiger partial charge in [-0.2, -0.15) is 5.10 Å². The molecule has 0 aliphatic carbocycles. The van der Waals surface area contributed by atoms with E-state index in [9.17, 15) is 0 Å². The van der Waals surface area contributed by atoms with Gasteiger partial charge in [0.05, 0.1) is 6.21 Å². The number of rotatable bonds is 3. The number of benzene rings is 1. The highest BCUT2D eigenvalue weighted by Crippen LogP contribution is 2.07. The van der Waals surface area contributed by atoms with Crippen molar-refractivity contribution in [2.75, 3.05) is 0 Å². The lowest BCUT2D eigenvalue weighted by molar-refractivity contribution is 0.720. The van der Waals surface area contributed by atoms with E-state index in [0.717, 1.165) is 5.56 Å². The molecule has 0 spiro atoms. The molecule has 0 saturated heterocycles. The van der Waals surface area contributed by atoms with E-state index < -0.39 is 0 Å². The Balaban J connectivity index is 2.59. The largest absolute Gasteiger partial charge is 0.359 e. The van der Waals surface area contributed by atoms with Crippen molar-refractivity contribution in [3.8, 4) is 0 Å². The summed E-state index contributed by atoms with van der Waals surface area (Å²) in [7, 11) is 0. The minimum atomic E-state index is 0.311. The summed E-state index contributed by atoms with van der Waals surface area (Å²) in [6.07, 6.45) is 1.79. The summed E-state index contributed by atoms with van der Waals surface area (Å²) < 4.78 is 0. The summed E-state index contributed by atoms with van der Waals surface area (Å²) >= 11 is 5.07. The summed E-state index contributed by atoms with van der Waals surface area (Å²) in [6, 6.07) is 6.58. The van der Waals surface area contributed by atoms with Crippen molar-refractivity contribution in [2.24, 2.45) is 5.10 Å². The fraction of sp³-hybridized carbons (Fsp3) is 0.385. The predicted octanol–water partition coefficient (Wildman–Crippen LogP) is 2.51. The maximum atomic E-state index is 5.07. The lowest BCUT2D eigenvalue weighted by Crippen LogP contribution is -2.36. The van der Waals surface area contributed by atoms with Gasteiger partial charge in [-0.15, -0.1) is 0 Å². The third kappa shape index (κ3) is 4.95. The molecule has 0 radical (unpaired) electrons. The molecule has 0 atom stereocenters. The molecule has 17 heavy (non-hydrogen) atoms. The van der Waals surface area contributed by atoms with Gasteiger partial charge in [0.25, 0.3) is 0 Å². The Bertz CT molecular complexity index is 425. The lowest BCUT2D eigenvalue weighted by atomic mass is 10.1. The third-order valence-electron chi connectivity index (χ3n) is 2.22. The van der Waals surface area contributed by atoms with Crippen LogP contribution >= 0.6 is 12.2 Å². The first-order chi connectivity index (χ1) is 7.99. The number of hydrazone groups is 1. The molecular weight excluding hydrogens is 230 g/mol. The highest BCUT2D eigenvalue weighted by Gasteiger charge is 1.97. The molecule has 1 rings (SSSR count). The molecule has 0 bridgehead atoms. The van der Waals surface area contributed by atoms with Gasteiger partial charge in [-0.3, -0.25) is 5.43 Å². The molecule has 0 aliphatic rings. The van der Waals surface area contributed by atoms with Crippen LogP contribution in [0, 0.1) is 13.8 Å². The molecule has 1 aromatic carbocycles. The average molecular weight is 249 g/mol. The van der Waals surface area contributed by atoms with Crippen LogP contribution in [0.2, 0.25) is 0 Å². The fourth-order valence-electron chi connectivity index (χ4n) is 1.35. The topological polar surface area (TPSA) is 36.4 Å². The Hall–Kier alpha value is -1.42. The standard InChI is InChI=1S/C13H19N3S/c1-9(2)15-13(17)16-14-8-12-7-10(3)5-6-11(12)4/h5-9H,1-4H3,(H2,15,16,17). The van der Waals surface area contributed by atoms with Gasteiger partial charge in [0.1, 0.15) is 0 Å². The zero-order valence-electron chi connectivity index (χ0n) is 10.7. The quantitative estimate of drug-likeness (QED) is 0.491. The van der Waals surface area contributed by atoms with Crippen molar-refractivity contribution in [3.63, 3.8) is 0 Å². The molecule has 1 aromatic rings. The van der Waals surface area contributed by atoms with Crippen molar-refractivity contribution < 1.29 is 0 Å². The van der Waals surface area contributed by atoms with E-state index in [4.69, 9.17) is 12.2 Å². The van der Waals surface area contributed by atoms with Crippen LogP contribution in [0.3, 0.4) is 0 Å². The van der Waals surface area contributed by atoms with Crippen LogP contribution in [0.5, 0.6) is 0 Å². The van der Waals surface area contributed by atoms with Gasteiger partial charge in [0.15, 0.2) is 5.11 Å². The fourth-order valence-corrected chi connectivity index (χ4v) is 1.64. The Morgan fingerprint density at radius 3 is 2.71 bits per heavy atom. The third-order valence-corrected chi connectivity index (χ3v) is 2.43. The van der Waals surface area contributed by atoms with Gasteiger partial charge in [0, 0.05) is 6.04 Å². The molecule has 2 N–H and O–H groups in total. The van der Waals surface area contributed by atoms with Gasteiger partial charge in [-0.1, -0.05) is 23.8 Å². The summed E-state index contributed by atoms with van der Waals surface area (Å²) in [6.45, 7) is 8.19. The highest BCUT2D eigenvalue weighted by atomic mass is 32.1. The van der Waals surface area contributed by atoms with Crippen molar-refractivity contribution in [2.45, 2.75) is 33.7 Å². The summed E-state index contributed by atoms with van der Waals surface area (Å²) in [5.41, 5.74) is 6.32. The number of nitrogens with one attached hydrogen (secondary N) is 2. The molecule has 0 unspecified atom stereocenters. The van der Waals surface area contributed by atoms with E-state index in [1.165, 1.54) is 11.1 Å². The zero-order valence-corrected chi connectivity index (χ0v) is 11.6. The number of hydrogen-bond donors (Lipinski definition) is 2. The molecule has 0 amide bonds. The second-order valence-electron chi connectivity index (χ2n) is 4.36. The van der Waals surface area contributed by atoms with Crippen molar-refractivity contribution in [3.05, 3.63) is 34.9 Å². The van der Waals surface area contributed by atoms with Crippen LogP contribution in [0.4, 0.5) is 0 Å². The van der Waals surface area contributed by atoms with Crippen molar-refractivity contribution in [1.82, 2.24) is 10.7 Å². The molecule has 92 valence electrons. The Morgan fingerprint density at radius 2 is 2.06 bits per heavy atom. The van der Waals surface area contributed by atoms with Gasteiger partial charge in [-0.25, -0.2) is 0 Å². The number of hydrogen-bond acceptors (Lipinski definition) is 2. The van der Waals surface area contributed by atoms with E-state index in [-0.39, 0.29) is 0 Å². The Kier molecular flexibility index (Phi) is 5.10. The highest BCUT2D eigenvalue weighted by molar-refractivity contribution is 7.80. The molecule has 4 heteroatoms. The first-order valence-corrected chi connectivity index (χ1v) is 6.06. The molecule has 0 heterocycles. The summed E-state index contributed by atoms with van der Waals surface area (Å²) in [4.78, 5) is 0. The van der Waals surface area contributed by atoms with Gasteiger partial charge < -0.3 is 5.32 Å². The van der Waals surface area contributed by atoms with Crippen LogP contribution < -0.4 is 10.7 Å². The minimum absolute atomic E-state index is 0.311. The van der Waals surface area contributed by atoms with E-state index in [1.807, 2.05) is 13.8 Å². The number of thiocarbonyl (C=S) groups is 1. The predicted molar refractivity (Wildman–Crippen MR) is 77.5 cm³/mol. The van der Waals surface area contributed by atoms with Crippen LogP contribution in [0.15, 0.2) is 23.3 Å². The van der Waals surface area contributed by atoms with Crippen LogP contribution in [0.25, 0.3) is 0 Å². The second-order valence-corrected chi connectivity index (χ2v) is 4.77. The number of nitrogens with zero attached hydrogens (tertiary/aromatic N) is 1. The molecule has 0 saturated carbocycles. The van der Waals surface area contributed by atoms with E-state index >= 15 is 0 Å². The SMILES string of the molecule is Cc1ccc(C)c(C=NNC(=S)NC(C)C)c1. The van der Waals surface area contributed by atoms with Crippen molar-refractivity contribution >= 4 is 23.5 Å². The summed E-state index contributed by atoms with van der Waals surface area (Å²) in [5.74, 6) is 0. The molecule has 0 aliphatic heterocycles. The Morgan fingerprint density at radius 1 is 1.35 bits per heavy atom. The van der Waals surface area contributed by atoms with Crippen LogP contribution in [-0.4, -0.2) is 17.4 Å². The normalized spacial score (nSPS) is 10.9. The average Bonchev–Trinajstić information content (AvgIpc) is 2.22. The second kappa shape index (κ2) is 6.35. The smallest absolute Gasteiger partial charge is 0.187 e. The summed E-state index contributed by atoms with van der Waals surface area (Å²) in [5, 5.41) is 7.72. The zero-order chi connectivity index (χ0) is 12.8. The van der Waals surface area contributed by atoms with E-state index in [1.54, 1.807) is 6.21 Å². The van der Waals surface area contributed by atoms with Gasteiger partial charge in [0.2, 0.25) is 0 Å². The monoisotopic (exact) mass is 249 g/mol. The van der Waals surface area contributed by atoms with Crippen LogP contribution in [0.1, 0.15) is 30.5 Å². The number of aryl methyl sites for hydroxylation is 2.